The van der Waals surface area contributed by atoms with Crippen molar-refractivity contribution >= 4 is 5.97 Å². The lowest BCUT2D eigenvalue weighted by Gasteiger charge is -2.21. The van der Waals surface area contributed by atoms with Crippen molar-refractivity contribution in [3.63, 3.8) is 0 Å². The van der Waals surface area contributed by atoms with Crippen LogP contribution in [0.1, 0.15) is 26.7 Å². The highest BCUT2D eigenvalue weighted by Gasteiger charge is 2.31. The van der Waals surface area contributed by atoms with E-state index in [4.69, 9.17) is 9.47 Å². The fraction of sp³-hybridized carbons (Fsp3) is 0.909. The Morgan fingerprint density at radius 1 is 1.60 bits per heavy atom. The first-order chi connectivity index (χ1) is 7.29. The van der Waals surface area contributed by atoms with Crippen molar-refractivity contribution in [1.29, 1.82) is 0 Å². The number of carbonyl (C=O) groups excluding carboxylic acids is 1. The minimum atomic E-state index is -0.188. The summed E-state index contributed by atoms with van der Waals surface area (Å²) in [7, 11) is 0. The predicted octanol–water partition coefficient (Wildman–Crippen LogP) is 0.954. The summed E-state index contributed by atoms with van der Waals surface area (Å²) in [6, 6.07) is -0.188. The van der Waals surface area contributed by atoms with Gasteiger partial charge in [0.15, 0.2) is 0 Å². The van der Waals surface area contributed by atoms with Gasteiger partial charge < -0.3 is 14.8 Å². The largest absolute Gasteiger partial charge is 0.465 e. The van der Waals surface area contributed by atoms with Crippen molar-refractivity contribution in [2.75, 3.05) is 26.4 Å². The molecule has 1 fully saturated rings. The predicted molar refractivity (Wildman–Crippen MR) is 57.6 cm³/mol. The molecule has 1 N–H and O–H groups in total. The molecule has 1 saturated heterocycles. The molecule has 15 heavy (non-hydrogen) atoms. The number of carbonyl (C=O) groups is 1. The van der Waals surface area contributed by atoms with Gasteiger partial charge in [0.25, 0.3) is 0 Å². The van der Waals surface area contributed by atoms with Gasteiger partial charge in [-0.2, -0.15) is 0 Å². The van der Waals surface area contributed by atoms with E-state index in [1.165, 1.54) is 0 Å². The van der Waals surface area contributed by atoms with Crippen LogP contribution in [0.2, 0.25) is 0 Å². The summed E-state index contributed by atoms with van der Waals surface area (Å²) < 4.78 is 10.4. The molecular weight excluding hydrogens is 194 g/mol. The molecule has 0 aromatic heterocycles. The molecular formula is C11H21NO3. The van der Waals surface area contributed by atoms with Gasteiger partial charge in [-0.25, -0.2) is 0 Å². The van der Waals surface area contributed by atoms with Gasteiger partial charge in [0.2, 0.25) is 0 Å². The van der Waals surface area contributed by atoms with Crippen molar-refractivity contribution < 1.29 is 14.3 Å². The highest BCUT2D eigenvalue weighted by Crippen LogP contribution is 2.17. The highest BCUT2D eigenvalue weighted by molar-refractivity contribution is 5.76. The number of rotatable bonds is 6. The summed E-state index contributed by atoms with van der Waals surface area (Å²) in [6.45, 7) is 6.63. The lowest BCUT2D eigenvalue weighted by molar-refractivity contribution is -0.147. The standard InChI is InChI=1S/C11H21NO3/c1-3-6-12-10(11(13)15-4-2)9-5-7-14-8-9/h9-10,12H,3-8H2,1-2H3. The van der Waals surface area contributed by atoms with Gasteiger partial charge in [0.05, 0.1) is 13.2 Å². The third-order valence-corrected chi connectivity index (χ3v) is 2.59. The van der Waals surface area contributed by atoms with Crippen LogP contribution < -0.4 is 5.32 Å². The third kappa shape index (κ3) is 3.80. The van der Waals surface area contributed by atoms with Crippen LogP contribution in [0.5, 0.6) is 0 Å². The van der Waals surface area contributed by atoms with Crippen molar-refractivity contribution in [1.82, 2.24) is 5.32 Å². The first-order valence-electron chi connectivity index (χ1n) is 5.77. The van der Waals surface area contributed by atoms with E-state index in [2.05, 4.69) is 12.2 Å². The van der Waals surface area contributed by atoms with Crippen LogP contribution in [0.15, 0.2) is 0 Å². The van der Waals surface area contributed by atoms with Crippen LogP contribution in [0, 0.1) is 5.92 Å². The zero-order chi connectivity index (χ0) is 11.1. The average Bonchev–Trinajstić information content (AvgIpc) is 2.72. The zero-order valence-electron chi connectivity index (χ0n) is 9.62. The molecule has 1 aliphatic rings. The summed E-state index contributed by atoms with van der Waals surface area (Å²) in [6.07, 6.45) is 1.96. The minimum Gasteiger partial charge on any atom is -0.465 e. The van der Waals surface area contributed by atoms with Crippen LogP contribution >= 0.6 is 0 Å². The summed E-state index contributed by atoms with van der Waals surface area (Å²) in [5.74, 6) is 0.136. The van der Waals surface area contributed by atoms with Crippen LogP contribution in [0.4, 0.5) is 0 Å². The lowest BCUT2D eigenvalue weighted by atomic mass is 9.99. The number of esters is 1. The van der Waals surface area contributed by atoms with E-state index < -0.39 is 0 Å². The Kier molecular flexibility index (Phi) is 5.65. The van der Waals surface area contributed by atoms with Crippen molar-refractivity contribution in [3.8, 4) is 0 Å². The number of ether oxygens (including phenoxy) is 2. The van der Waals surface area contributed by atoms with Gasteiger partial charge in [-0.3, -0.25) is 4.79 Å². The van der Waals surface area contributed by atoms with Gasteiger partial charge in [-0.15, -0.1) is 0 Å². The Balaban J connectivity index is 2.46. The molecule has 0 radical (unpaired) electrons. The van der Waals surface area contributed by atoms with Crippen molar-refractivity contribution in [2.45, 2.75) is 32.7 Å². The van der Waals surface area contributed by atoms with Crippen LogP contribution in [-0.2, 0) is 14.3 Å². The summed E-state index contributed by atoms with van der Waals surface area (Å²) in [5.41, 5.74) is 0. The Morgan fingerprint density at radius 3 is 2.93 bits per heavy atom. The molecule has 0 aromatic rings. The highest BCUT2D eigenvalue weighted by atomic mass is 16.5. The number of nitrogens with one attached hydrogen (secondary N) is 1. The zero-order valence-corrected chi connectivity index (χ0v) is 9.62. The van der Waals surface area contributed by atoms with Gasteiger partial charge >= 0.3 is 5.97 Å². The van der Waals surface area contributed by atoms with E-state index >= 15 is 0 Å². The van der Waals surface area contributed by atoms with E-state index in [0.717, 1.165) is 26.0 Å². The van der Waals surface area contributed by atoms with Crippen molar-refractivity contribution in [3.05, 3.63) is 0 Å². The van der Waals surface area contributed by atoms with Crippen LogP contribution in [-0.4, -0.2) is 38.4 Å². The minimum absolute atomic E-state index is 0.138. The monoisotopic (exact) mass is 215 g/mol. The Labute approximate surface area is 91.3 Å². The Hall–Kier alpha value is -0.610. The second-order valence-electron chi connectivity index (χ2n) is 3.81. The van der Waals surface area contributed by atoms with Crippen molar-refractivity contribution in [2.24, 2.45) is 5.92 Å². The molecule has 0 spiro atoms. The molecule has 0 bridgehead atoms. The Bertz CT molecular complexity index is 190. The molecule has 2 unspecified atom stereocenters. The van der Waals surface area contributed by atoms with E-state index in [0.29, 0.717) is 13.2 Å². The summed E-state index contributed by atoms with van der Waals surface area (Å²) >= 11 is 0. The molecule has 4 nitrogen and oxygen atoms in total. The summed E-state index contributed by atoms with van der Waals surface area (Å²) in [4.78, 5) is 11.7. The molecule has 4 heteroatoms. The number of hydrogen-bond acceptors (Lipinski definition) is 4. The smallest absolute Gasteiger partial charge is 0.323 e. The van der Waals surface area contributed by atoms with Gasteiger partial charge in [-0.1, -0.05) is 6.92 Å². The second-order valence-corrected chi connectivity index (χ2v) is 3.81. The first-order valence-corrected chi connectivity index (χ1v) is 5.77. The normalized spacial score (nSPS) is 22.7. The maximum absolute atomic E-state index is 11.7. The molecule has 0 aromatic carbocycles. The summed E-state index contributed by atoms with van der Waals surface area (Å²) in [5, 5.41) is 3.24. The number of hydrogen-bond donors (Lipinski definition) is 1. The fourth-order valence-corrected chi connectivity index (χ4v) is 1.79. The Morgan fingerprint density at radius 2 is 2.40 bits per heavy atom. The molecule has 2 atom stereocenters. The van der Waals surface area contributed by atoms with E-state index in [-0.39, 0.29) is 17.9 Å². The molecule has 88 valence electrons. The topological polar surface area (TPSA) is 47.6 Å². The van der Waals surface area contributed by atoms with Gasteiger partial charge in [0.1, 0.15) is 6.04 Å². The van der Waals surface area contributed by atoms with Crippen LogP contribution in [0.3, 0.4) is 0 Å². The molecule has 1 aliphatic heterocycles. The van der Waals surface area contributed by atoms with E-state index in [9.17, 15) is 4.79 Å². The third-order valence-electron chi connectivity index (χ3n) is 2.59. The molecule has 0 aliphatic carbocycles. The maximum atomic E-state index is 11.7. The lowest BCUT2D eigenvalue weighted by Crippen LogP contribution is -2.44. The molecule has 0 saturated carbocycles. The molecule has 0 amide bonds. The quantitative estimate of drug-likeness (QED) is 0.670. The van der Waals surface area contributed by atoms with E-state index in [1.54, 1.807) is 0 Å². The van der Waals surface area contributed by atoms with Gasteiger partial charge in [-0.05, 0) is 26.3 Å². The second kappa shape index (κ2) is 6.80. The van der Waals surface area contributed by atoms with Crippen LogP contribution in [0.25, 0.3) is 0 Å². The molecule has 1 heterocycles. The first kappa shape index (κ1) is 12.5. The fourth-order valence-electron chi connectivity index (χ4n) is 1.79. The average molecular weight is 215 g/mol. The molecule has 1 rings (SSSR count). The SMILES string of the molecule is CCCNC(C(=O)OCC)C1CCOC1. The van der Waals surface area contributed by atoms with E-state index in [1.807, 2.05) is 6.92 Å². The maximum Gasteiger partial charge on any atom is 0.323 e. The van der Waals surface area contributed by atoms with Gasteiger partial charge in [0, 0.05) is 12.5 Å².